The normalized spacial score (nSPS) is 21.2. The Bertz CT molecular complexity index is 4100. The Balaban J connectivity index is 0.943. The Kier molecular flexibility index (Phi) is 10.9. The van der Waals surface area contributed by atoms with Crippen LogP contribution in [0.2, 0.25) is 0 Å². The molecule has 5 aliphatic rings. The molecule has 1 aliphatic heterocycles. The third kappa shape index (κ3) is 7.22. The molecule has 10 aromatic rings. The summed E-state index contributed by atoms with van der Waals surface area (Å²) in [5.74, 6) is 6.41. The predicted molar refractivity (Wildman–Crippen MR) is 323 cm³/mol. The molecule has 0 N–H and O–H groups in total. The molecule has 2 fully saturated rings. The largest absolute Gasteiger partial charge is 0.456 e. The van der Waals surface area contributed by atoms with Crippen LogP contribution in [0.25, 0.3) is 89.8 Å². The lowest BCUT2D eigenvalue weighted by atomic mass is 9.49. The molecule has 0 saturated heterocycles. The lowest BCUT2D eigenvalue weighted by molar-refractivity contribution is 0.0357. The summed E-state index contributed by atoms with van der Waals surface area (Å²) in [5.41, 5.74) is 22.4. The van der Waals surface area contributed by atoms with Crippen molar-refractivity contribution in [3.8, 4) is 101 Å². The monoisotopic (exact) mass is 1020 g/mol. The number of hydrogen-bond acceptors (Lipinski definition) is 4. The van der Waals surface area contributed by atoms with Crippen LogP contribution < -0.4 is 4.74 Å². The summed E-state index contributed by atoms with van der Waals surface area (Å²) < 4.78 is 7.34. The highest BCUT2D eigenvalue weighted by Gasteiger charge is 2.59. The van der Waals surface area contributed by atoms with Crippen LogP contribution in [0, 0.1) is 23.7 Å². The molecule has 79 heavy (non-hydrogen) atoms. The van der Waals surface area contributed by atoms with Crippen molar-refractivity contribution in [1.29, 1.82) is 0 Å². The molecule has 2 bridgehead atoms. The molecule has 1 aromatic heterocycles. The minimum Gasteiger partial charge on any atom is -0.456 e. The Labute approximate surface area is 465 Å². The third-order valence-electron chi connectivity index (χ3n) is 19.7. The number of benzene rings is 9. The van der Waals surface area contributed by atoms with E-state index in [4.69, 9.17) is 19.7 Å². The van der Waals surface area contributed by atoms with E-state index in [0.717, 1.165) is 67.8 Å². The second kappa shape index (κ2) is 17.9. The molecule has 0 radical (unpaired) electrons. The van der Waals surface area contributed by atoms with Gasteiger partial charge in [-0.15, -0.1) is 0 Å². The number of nitrogens with zero attached hydrogens (tertiary/aromatic N) is 3. The maximum atomic E-state index is 7.34. The van der Waals surface area contributed by atoms with E-state index in [1.807, 2.05) is 0 Å². The first-order valence-corrected chi connectivity index (χ1v) is 29.0. The number of aromatic nitrogens is 3. The first-order valence-electron chi connectivity index (χ1n) is 29.0. The summed E-state index contributed by atoms with van der Waals surface area (Å²) in [7, 11) is 0. The summed E-state index contributed by atoms with van der Waals surface area (Å²) in [5, 5.41) is 0. The van der Waals surface area contributed by atoms with Crippen molar-refractivity contribution in [3.63, 3.8) is 0 Å². The first-order chi connectivity index (χ1) is 38.5. The second-order valence-corrected chi connectivity index (χ2v) is 24.7. The van der Waals surface area contributed by atoms with Crippen molar-refractivity contribution in [3.05, 3.63) is 234 Å². The molecular weight excluding hydrogens is 959 g/mol. The zero-order valence-electron chi connectivity index (χ0n) is 46.1. The lowest BCUT2D eigenvalue weighted by Gasteiger charge is -2.55. The van der Waals surface area contributed by atoms with E-state index < -0.39 is 0 Å². The van der Waals surface area contributed by atoms with Gasteiger partial charge in [-0.05, 0) is 152 Å². The van der Waals surface area contributed by atoms with Crippen LogP contribution in [0.3, 0.4) is 0 Å². The fraction of sp³-hybridized carbons (Fsp3) is 0.240. The van der Waals surface area contributed by atoms with Gasteiger partial charge in [0.2, 0.25) is 0 Å². The zero-order chi connectivity index (χ0) is 53.4. The molecule has 9 aromatic carbocycles. The van der Waals surface area contributed by atoms with E-state index in [1.165, 1.54) is 93.3 Å². The Morgan fingerprint density at radius 1 is 0.405 bits per heavy atom. The summed E-state index contributed by atoms with van der Waals surface area (Å²) in [6.45, 7) is 14.5. The topological polar surface area (TPSA) is 47.9 Å². The lowest BCUT2D eigenvalue weighted by Crippen LogP contribution is -2.49. The van der Waals surface area contributed by atoms with Gasteiger partial charge in [-0.3, -0.25) is 0 Å². The number of hydrogen-bond donors (Lipinski definition) is 0. The van der Waals surface area contributed by atoms with Gasteiger partial charge in [0.15, 0.2) is 17.5 Å². The van der Waals surface area contributed by atoms with Crippen molar-refractivity contribution in [2.75, 3.05) is 0 Å². The summed E-state index contributed by atoms with van der Waals surface area (Å²) in [4.78, 5) is 16.7. The molecule has 15 rings (SSSR count). The van der Waals surface area contributed by atoms with E-state index in [-0.39, 0.29) is 16.2 Å². The highest BCUT2D eigenvalue weighted by molar-refractivity contribution is 5.91. The molecular formula is C75H65N3O. The molecule has 1 spiro atoms. The van der Waals surface area contributed by atoms with Crippen LogP contribution in [0.4, 0.5) is 0 Å². The second-order valence-electron chi connectivity index (χ2n) is 24.7. The SMILES string of the molecule is CCC1CC2CC(C)C3(c4ccc(-c5nc(-c6cccc(-c7cccc8c7C(C)(C)c7ccccc7-8)c6)nc(-c6ccc(-c7ccccc7)cc6-c6ccccc6)n5)cc4-c4ccc5c(c43)Oc3ccccc3C5(C)C)C(C1)C2. The van der Waals surface area contributed by atoms with E-state index >= 15 is 0 Å². The number of fused-ring (bicyclic) bond motifs is 14. The Morgan fingerprint density at radius 3 is 1.80 bits per heavy atom. The van der Waals surface area contributed by atoms with Gasteiger partial charge in [-0.1, -0.05) is 218 Å². The Morgan fingerprint density at radius 2 is 1.00 bits per heavy atom. The minimum atomic E-state index is -0.228. The fourth-order valence-corrected chi connectivity index (χ4v) is 16.1. The van der Waals surface area contributed by atoms with Gasteiger partial charge in [-0.2, -0.15) is 0 Å². The quantitative estimate of drug-likeness (QED) is 0.160. The van der Waals surface area contributed by atoms with E-state index in [0.29, 0.717) is 29.3 Å². The van der Waals surface area contributed by atoms with Crippen LogP contribution >= 0.6 is 0 Å². The highest BCUT2D eigenvalue weighted by Crippen LogP contribution is 2.69. The van der Waals surface area contributed by atoms with Crippen LogP contribution in [0.1, 0.15) is 107 Å². The molecule has 5 unspecified atom stereocenters. The maximum absolute atomic E-state index is 7.34. The van der Waals surface area contributed by atoms with Crippen LogP contribution in [0.15, 0.2) is 200 Å². The van der Waals surface area contributed by atoms with Gasteiger partial charge in [-0.25, -0.2) is 15.0 Å². The number of rotatable bonds is 7. The fourth-order valence-electron chi connectivity index (χ4n) is 16.1. The average Bonchev–Trinajstić information content (AvgIpc) is 3.25. The average molecular weight is 1020 g/mol. The molecule has 4 heteroatoms. The van der Waals surface area contributed by atoms with Gasteiger partial charge < -0.3 is 4.74 Å². The Hall–Kier alpha value is -8.21. The van der Waals surface area contributed by atoms with Crippen LogP contribution in [-0.4, -0.2) is 15.0 Å². The molecule has 386 valence electrons. The minimum absolute atomic E-state index is 0.172. The first kappa shape index (κ1) is 48.0. The van der Waals surface area contributed by atoms with Crippen molar-refractivity contribution >= 4 is 0 Å². The van der Waals surface area contributed by atoms with E-state index in [1.54, 1.807) is 0 Å². The zero-order valence-corrected chi connectivity index (χ0v) is 46.1. The molecule has 2 saturated carbocycles. The smallest absolute Gasteiger partial charge is 0.164 e. The molecule has 4 aliphatic carbocycles. The molecule has 4 nitrogen and oxygen atoms in total. The van der Waals surface area contributed by atoms with Crippen molar-refractivity contribution in [2.45, 2.75) is 89.9 Å². The summed E-state index contributed by atoms with van der Waals surface area (Å²) in [6, 6.07) is 73.4. The number of para-hydroxylation sites is 1. The maximum Gasteiger partial charge on any atom is 0.164 e. The van der Waals surface area contributed by atoms with Crippen molar-refractivity contribution < 1.29 is 4.74 Å². The van der Waals surface area contributed by atoms with Gasteiger partial charge in [0, 0.05) is 49.6 Å². The highest BCUT2D eigenvalue weighted by atomic mass is 16.5. The molecule has 2 heterocycles. The van der Waals surface area contributed by atoms with Crippen molar-refractivity contribution in [2.24, 2.45) is 23.7 Å². The third-order valence-corrected chi connectivity index (χ3v) is 19.7. The summed E-state index contributed by atoms with van der Waals surface area (Å²) in [6.07, 6.45) is 6.30. The van der Waals surface area contributed by atoms with Gasteiger partial charge >= 0.3 is 0 Å². The van der Waals surface area contributed by atoms with Gasteiger partial charge in [0.25, 0.3) is 0 Å². The van der Waals surface area contributed by atoms with E-state index in [2.05, 4.69) is 242 Å². The van der Waals surface area contributed by atoms with Crippen molar-refractivity contribution in [1.82, 2.24) is 15.0 Å². The number of ether oxygens (including phenoxy) is 1. The van der Waals surface area contributed by atoms with Gasteiger partial charge in [0.1, 0.15) is 11.5 Å². The molecule has 5 atom stereocenters. The molecule has 0 amide bonds. The predicted octanol–water partition coefficient (Wildman–Crippen LogP) is 19.4. The standard InChI is InChI=1S/C75H65N3O/c1-7-46-39-47-38-45(2)75(54(40-46)41-47)63-36-33-53(44-61(63)58-35-37-65-69(68(58)75)79-66-31-17-16-30-64(66)73(65,3)4)71-76-70(52-25-18-24-51(42-52)55-27-19-28-57-56-26-14-15-29-62(56)74(5,6)67(55)57)77-72(78-71)59-34-32-50(48-20-10-8-11-21-48)43-60(59)49-22-12-9-13-23-49/h8-37,42-47,54H,7,38-41H2,1-6H3. The van der Waals surface area contributed by atoms with Crippen LogP contribution in [-0.2, 0) is 16.2 Å². The van der Waals surface area contributed by atoms with Crippen LogP contribution in [0.5, 0.6) is 11.5 Å². The summed E-state index contributed by atoms with van der Waals surface area (Å²) >= 11 is 0. The van der Waals surface area contributed by atoms with E-state index in [9.17, 15) is 0 Å². The van der Waals surface area contributed by atoms with Gasteiger partial charge in [0.05, 0.1) is 0 Å².